The van der Waals surface area contributed by atoms with Crippen LogP contribution >= 0.6 is 0 Å². The number of carbonyl (C=O) groups excluding carboxylic acids is 1. The van der Waals surface area contributed by atoms with Gasteiger partial charge in [-0.2, -0.15) is 13.2 Å². The number of rotatable bonds is 4. The van der Waals surface area contributed by atoms with Crippen molar-refractivity contribution >= 4 is 17.2 Å². The summed E-state index contributed by atoms with van der Waals surface area (Å²) >= 11 is 0. The number of halogens is 3. The molecule has 0 saturated carbocycles. The number of imidazole rings is 2. The predicted molar refractivity (Wildman–Crippen MR) is 133 cm³/mol. The Labute approximate surface area is 210 Å². The van der Waals surface area contributed by atoms with Crippen LogP contribution in [0.2, 0.25) is 0 Å². The Kier molecular flexibility index (Phi) is 6.24. The van der Waals surface area contributed by atoms with Crippen molar-refractivity contribution in [1.29, 1.82) is 0 Å². The Hall–Kier alpha value is -4.84. The first kappa shape index (κ1) is 23.9. The zero-order valence-electron chi connectivity index (χ0n) is 19.6. The minimum absolute atomic E-state index is 0.0499. The standard InChI is InChI=1S/C28H20F3N5O/c1-19-5-6-22(14-21(19)7-8-25-16-33-26-4-2-3-10-36(25)26)27(37)34-24-13-20(17-35-11-9-32-18-35)12-23(15-24)28(29,30)31/h2-6,9-16,18H,17H2,1H3,(H,34,37). The van der Waals surface area contributed by atoms with Crippen molar-refractivity contribution in [3.8, 4) is 11.8 Å². The molecule has 0 aliphatic heterocycles. The van der Waals surface area contributed by atoms with E-state index in [2.05, 4.69) is 27.1 Å². The quantitative estimate of drug-likeness (QED) is 0.330. The highest BCUT2D eigenvalue weighted by Crippen LogP contribution is 2.32. The lowest BCUT2D eigenvalue weighted by Gasteiger charge is -2.14. The van der Waals surface area contributed by atoms with Crippen molar-refractivity contribution in [2.24, 2.45) is 0 Å². The van der Waals surface area contributed by atoms with E-state index in [1.54, 1.807) is 41.4 Å². The van der Waals surface area contributed by atoms with E-state index in [4.69, 9.17) is 0 Å². The second-order valence-electron chi connectivity index (χ2n) is 8.46. The molecule has 0 radical (unpaired) electrons. The van der Waals surface area contributed by atoms with Crippen LogP contribution in [0.5, 0.6) is 0 Å². The Bertz CT molecular complexity index is 1660. The average molecular weight is 499 g/mol. The van der Waals surface area contributed by atoms with E-state index < -0.39 is 17.6 Å². The Morgan fingerprint density at radius 3 is 2.70 bits per heavy atom. The maximum atomic E-state index is 13.5. The fourth-order valence-electron chi connectivity index (χ4n) is 3.87. The van der Waals surface area contributed by atoms with Crippen molar-refractivity contribution < 1.29 is 18.0 Å². The molecule has 37 heavy (non-hydrogen) atoms. The van der Waals surface area contributed by atoms with Crippen LogP contribution in [0.15, 0.2) is 85.7 Å². The van der Waals surface area contributed by atoms with Crippen LogP contribution in [-0.4, -0.2) is 24.8 Å². The number of benzene rings is 2. The molecule has 2 aromatic carbocycles. The fourth-order valence-corrected chi connectivity index (χ4v) is 3.87. The fraction of sp³-hybridized carbons (Fsp3) is 0.107. The van der Waals surface area contributed by atoms with Gasteiger partial charge >= 0.3 is 6.18 Å². The highest BCUT2D eigenvalue weighted by Gasteiger charge is 2.31. The smallest absolute Gasteiger partial charge is 0.333 e. The number of carbonyl (C=O) groups is 1. The normalized spacial score (nSPS) is 11.2. The van der Waals surface area contributed by atoms with E-state index in [1.165, 1.54) is 12.4 Å². The largest absolute Gasteiger partial charge is 0.416 e. The Balaban J connectivity index is 1.42. The lowest BCUT2D eigenvalue weighted by atomic mass is 10.0. The molecule has 0 aliphatic carbocycles. The predicted octanol–water partition coefficient (Wildman–Crippen LogP) is 5.56. The summed E-state index contributed by atoms with van der Waals surface area (Å²) in [6.07, 6.45) is 3.68. The monoisotopic (exact) mass is 499 g/mol. The van der Waals surface area contributed by atoms with Gasteiger partial charge < -0.3 is 9.88 Å². The lowest BCUT2D eigenvalue weighted by Crippen LogP contribution is -2.14. The maximum Gasteiger partial charge on any atom is 0.416 e. The highest BCUT2D eigenvalue weighted by atomic mass is 19.4. The molecule has 0 fully saturated rings. The van der Waals surface area contributed by atoms with Crippen molar-refractivity contribution in [3.63, 3.8) is 0 Å². The van der Waals surface area contributed by atoms with Crippen LogP contribution in [0.4, 0.5) is 18.9 Å². The van der Waals surface area contributed by atoms with Gasteiger partial charge in [-0.25, -0.2) is 9.97 Å². The summed E-state index contributed by atoms with van der Waals surface area (Å²) in [4.78, 5) is 21.2. The molecular weight excluding hydrogens is 479 g/mol. The van der Waals surface area contributed by atoms with E-state index in [0.717, 1.165) is 23.3 Å². The first-order valence-corrected chi connectivity index (χ1v) is 11.3. The molecule has 184 valence electrons. The van der Waals surface area contributed by atoms with E-state index in [9.17, 15) is 18.0 Å². The second-order valence-corrected chi connectivity index (χ2v) is 8.46. The van der Waals surface area contributed by atoms with Crippen molar-refractivity contribution in [2.45, 2.75) is 19.6 Å². The molecule has 5 rings (SSSR count). The number of fused-ring (bicyclic) bond motifs is 1. The summed E-state index contributed by atoms with van der Waals surface area (Å²) < 4.78 is 44.1. The zero-order chi connectivity index (χ0) is 26.0. The summed E-state index contributed by atoms with van der Waals surface area (Å²) in [5.41, 5.74) is 2.82. The average Bonchev–Trinajstić information content (AvgIpc) is 3.53. The van der Waals surface area contributed by atoms with Gasteiger partial charge in [-0.1, -0.05) is 18.1 Å². The number of hydrogen-bond donors (Lipinski definition) is 1. The number of aryl methyl sites for hydroxylation is 1. The third kappa shape index (κ3) is 5.38. The molecule has 0 bridgehead atoms. The van der Waals surface area contributed by atoms with E-state index in [-0.39, 0.29) is 17.8 Å². The van der Waals surface area contributed by atoms with Crippen LogP contribution in [0.3, 0.4) is 0 Å². The number of pyridine rings is 1. The zero-order valence-corrected chi connectivity index (χ0v) is 19.6. The SMILES string of the molecule is Cc1ccc(C(=O)Nc2cc(Cn3ccnc3)cc(C(F)(F)F)c2)cc1C#Cc1cnc2ccccn12. The molecule has 1 amide bonds. The number of anilines is 1. The van der Waals surface area contributed by atoms with Crippen molar-refractivity contribution in [1.82, 2.24) is 18.9 Å². The minimum atomic E-state index is -4.56. The molecule has 0 saturated heterocycles. The molecule has 3 aromatic heterocycles. The van der Waals surface area contributed by atoms with Crippen LogP contribution in [0.1, 0.15) is 38.3 Å². The van der Waals surface area contributed by atoms with Gasteiger partial charge in [-0.3, -0.25) is 9.20 Å². The van der Waals surface area contributed by atoms with Gasteiger partial charge in [0.15, 0.2) is 0 Å². The topological polar surface area (TPSA) is 64.2 Å². The molecule has 5 aromatic rings. The van der Waals surface area contributed by atoms with Crippen LogP contribution in [-0.2, 0) is 12.7 Å². The summed E-state index contributed by atoms with van der Waals surface area (Å²) in [5.74, 6) is 5.62. The van der Waals surface area contributed by atoms with Crippen LogP contribution in [0, 0.1) is 18.8 Å². The molecule has 0 atom stereocenters. The third-order valence-corrected chi connectivity index (χ3v) is 5.74. The second kappa shape index (κ2) is 9.66. The molecule has 0 unspecified atom stereocenters. The van der Waals surface area contributed by atoms with Gasteiger partial charge in [0, 0.05) is 41.9 Å². The number of aromatic nitrogens is 4. The summed E-state index contributed by atoms with van der Waals surface area (Å²) in [6, 6.07) is 14.1. The first-order chi connectivity index (χ1) is 17.8. The molecule has 9 heteroatoms. The number of nitrogens with zero attached hydrogens (tertiary/aromatic N) is 4. The van der Waals surface area contributed by atoms with Gasteiger partial charge in [0.2, 0.25) is 0 Å². The molecule has 3 heterocycles. The summed E-state index contributed by atoms with van der Waals surface area (Å²) in [5, 5.41) is 2.61. The molecule has 0 spiro atoms. The number of hydrogen-bond acceptors (Lipinski definition) is 3. The van der Waals surface area contributed by atoms with Crippen molar-refractivity contribution in [2.75, 3.05) is 5.32 Å². The van der Waals surface area contributed by atoms with E-state index >= 15 is 0 Å². The number of alkyl halides is 3. The highest BCUT2D eigenvalue weighted by molar-refractivity contribution is 6.04. The minimum Gasteiger partial charge on any atom is -0.333 e. The van der Waals surface area contributed by atoms with Crippen LogP contribution in [0.25, 0.3) is 5.65 Å². The van der Waals surface area contributed by atoms with E-state index in [1.807, 2.05) is 35.7 Å². The molecule has 1 N–H and O–H groups in total. The lowest BCUT2D eigenvalue weighted by molar-refractivity contribution is -0.137. The molecular formula is C28H20F3N5O. The number of amides is 1. The molecule has 6 nitrogen and oxygen atoms in total. The Morgan fingerprint density at radius 2 is 1.92 bits per heavy atom. The summed E-state index contributed by atoms with van der Waals surface area (Å²) in [6.45, 7) is 2.05. The summed E-state index contributed by atoms with van der Waals surface area (Å²) in [7, 11) is 0. The van der Waals surface area contributed by atoms with Crippen molar-refractivity contribution in [3.05, 3.63) is 119 Å². The van der Waals surface area contributed by atoms with Gasteiger partial charge in [-0.15, -0.1) is 0 Å². The number of nitrogens with one attached hydrogen (secondary N) is 1. The van der Waals surface area contributed by atoms with Gasteiger partial charge in [0.05, 0.1) is 18.1 Å². The third-order valence-electron chi connectivity index (χ3n) is 5.74. The van der Waals surface area contributed by atoms with Gasteiger partial charge in [0.1, 0.15) is 11.3 Å². The van der Waals surface area contributed by atoms with Crippen LogP contribution < -0.4 is 5.32 Å². The van der Waals surface area contributed by atoms with Gasteiger partial charge in [0.25, 0.3) is 5.91 Å². The molecule has 0 aliphatic rings. The first-order valence-electron chi connectivity index (χ1n) is 11.3. The Morgan fingerprint density at radius 1 is 1.05 bits per heavy atom. The van der Waals surface area contributed by atoms with Gasteiger partial charge in [-0.05, 0) is 66.4 Å². The maximum absolute atomic E-state index is 13.5. The van der Waals surface area contributed by atoms with E-state index in [0.29, 0.717) is 16.8 Å².